The first-order valence-electron chi connectivity index (χ1n) is 5.83. The monoisotopic (exact) mass is 333 g/mol. The van der Waals surface area contributed by atoms with Crippen molar-refractivity contribution >= 4 is 25.8 Å². The Kier molecular flexibility index (Phi) is 4.11. The van der Waals surface area contributed by atoms with Crippen LogP contribution >= 0.6 is 15.9 Å². The minimum atomic E-state index is -3.20. The van der Waals surface area contributed by atoms with Crippen molar-refractivity contribution in [2.75, 3.05) is 13.6 Å². The van der Waals surface area contributed by atoms with Crippen LogP contribution in [-0.2, 0) is 9.84 Å². The number of rotatable bonds is 5. The van der Waals surface area contributed by atoms with Crippen LogP contribution in [0.3, 0.4) is 0 Å². The van der Waals surface area contributed by atoms with Crippen LogP contribution in [0, 0.1) is 0 Å². The highest BCUT2D eigenvalue weighted by atomic mass is 79.9. The fourth-order valence-corrected chi connectivity index (χ4v) is 4.60. The zero-order valence-electron chi connectivity index (χ0n) is 10.1. The summed E-state index contributed by atoms with van der Waals surface area (Å²) in [5.41, 5.74) is 0.700. The Morgan fingerprint density at radius 3 is 2.67 bits per heavy atom. The first kappa shape index (κ1) is 14.0. The molecule has 2 rings (SSSR count). The van der Waals surface area contributed by atoms with E-state index in [-0.39, 0.29) is 5.25 Å². The summed E-state index contributed by atoms with van der Waals surface area (Å²) in [7, 11) is -1.44. The Morgan fingerprint density at radius 1 is 1.50 bits per heavy atom. The Hall–Kier alpha value is -0.430. The zero-order chi connectivity index (χ0) is 13.3. The van der Waals surface area contributed by atoms with Gasteiger partial charge < -0.3 is 10.4 Å². The third kappa shape index (κ3) is 2.77. The molecule has 18 heavy (non-hydrogen) atoms. The largest absolute Gasteiger partial charge is 0.387 e. The molecule has 1 saturated carbocycles. The molecule has 1 aliphatic carbocycles. The molecular formula is C12H16BrNO3S. The second kappa shape index (κ2) is 5.28. The molecule has 1 atom stereocenters. The quantitative estimate of drug-likeness (QED) is 0.859. The molecule has 1 fully saturated rings. The highest BCUT2D eigenvalue weighted by molar-refractivity contribution is 9.10. The van der Waals surface area contributed by atoms with Gasteiger partial charge in [-0.1, -0.05) is 6.07 Å². The van der Waals surface area contributed by atoms with Gasteiger partial charge in [-0.05, 0) is 53.5 Å². The fourth-order valence-electron chi connectivity index (χ4n) is 1.82. The third-order valence-corrected chi connectivity index (χ3v) is 6.24. The molecule has 1 aromatic carbocycles. The molecule has 0 amide bonds. The summed E-state index contributed by atoms with van der Waals surface area (Å²) in [6.07, 6.45) is 0.863. The number of benzene rings is 1. The summed E-state index contributed by atoms with van der Waals surface area (Å²) < 4.78 is 24.8. The van der Waals surface area contributed by atoms with E-state index in [4.69, 9.17) is 0 Å². The fraction of sp³-hybridized carbons (Fsp3) is 0.500. The van der Waals surface area contributed by atoms with Crippen molar-refractivity contribution in [3.63, 3.8) is 0 Å². The molecule has 100 valence electrons. The third-order valence-electron chi connectivity index (χ3n) is 3.01. The van der Waals surface area contributed by atoms with Gasteiger partial charge in [-0.25, -0.2) is 8.42 Å². The van der Waals surface area contributed by atoms with E-state index in [2.05, 4.69) is 21.2 Å². The lowest BCUT2D eigenvalue weighted by Crippen LogP contribution is -2.17. The van der Waals surface area contributed by atoms with Gasteiger partial charge >= 0.3 is 0 Å². The minimum Gasteiger partial charge on any atom is -0.387 e. The van der Waals surface area contributed by atoms with Gasteiger partial charge in [0.05, 0.1) is 16.2 Å². The Morgan fingerprint density at radius 2 is 2.17 bits per heavy atom. The number of nitrogens with one attached hydrogen (secondary N) is 1. The minimum absolute atomic E-state index is 0.220. The standard InChI is InChI=1S/C12H16BrNO3S/c1-14-7-11(15)8-2-5-12(10(13)6-8)18(16,17)9-3-4-9/h2,5-6,9,11,14-15H,3-4,7H2,1H3. The molecule has 6 heteroatoms. The summed E-state index contributed by atoms with van der Waals surface area (Å²) in [6.45, 7) is 0.432. The number of sulfone groups is 1. The van der Waals surface area contributed by atoms with Gasteiger partial charge in [0.15, 0.2) is 9.84 Å². The predicted molar refractivity (Wildman–Crippen MR) is 73.2 cm³/mol. The lowest BCUT2D eigenvalue weighted by atomic mass is 10.1. The number of hydrogen-bond acceptors (Lipinski definition) is 4. The molecule has 0 aliphatic heterocycles. The van der Waals surface area contributed by atoms with Crippen molar-refractivity contribution in [1.29, 1.82) is 0 Å². The molecular weight excluding hydrogens is 318 g/mol. The van der Waals surface area contributed by atoms with Gasteiger partial charge in [0.1, 0.15) is 0 Å². The molecule has 0 saturated heterocycles. The van der Waals surface area contributed by atoms with Gasteiger partial charge in [-0.3, -0.25) is 0 Å². The van der Waals surface area contributed by atoms with Gasteiger partial charge in [0.25, 0.3) is 0 Å². The van der Waals surface area contributed by atoms with Crippen molar-refractivity contribution in [3.05, 3.63) is 28.2 Å². The number of likely N-dealkylation sites (N-methyl/N-ethyl adjacent to an activating group) is 1. The second-order valence-corrected chi connectivity index (χ2v) is 7.56. The van der Waals surface area contributed by atoms with E-state index < -0.39 is 15.9 Å². The van der Waals surface area contributed by atoms with E-state index >= 15 is 0 Å². The predicted octanol–water partition coefficient (Wildman–Crippen LogP) is 1.64. The lowest BCUT2D eigenvalue weighted by molar-refractivity contribution is 0.177. The number of aliphatic hydroxyl groups excluding tert-OH is 1. The van der Waals surface area contributed by atoms with Crippen molar-refractivity contribution in [3.8, 4) is 0 Å². The van der Waals surface area contributed by atoms with Crippen LogP contribution in [0.4, 0.5) is 0 Å². The summed E-state index contributed by atoms with van der Waals surface area (Å²) in [5, 5.41) is 12.5. The SMILES string of the molecule is CNCC(O)c1ccc(S(=O)(=O)C2CC2)c(Br)c1. The second-order valence-electron chi connectivity index (χ2n) is 4.51. The van der Waals surface area contributed by atoms with Crippen LogP contribution in [0.15, 0.2) is 27.6 Å². The molecule has 1 aliphatic rings. The van der Waals surface area contributed by atoms with Gasteiger partial charge in [0, 0.05) is 11.0 Å². The molecule has 0 bridgehead atoms. The Bertz CT molecular complexity index is 540. The lowest BCUT2D eigenvalue weighted by Gasteiger charge is -2.12. The Balaban J connectivity index is 2.30. The van der Waals surface area contributed by atoms with Gasteiger partial charge in [-0.15, -0.1) is 0 Å². The van der Waals surface area contributed by atoms with Gasteiger partial charge in [-0.2, -0.15) is 0 Å². The molecule has 1 unspecified atom stereocenters. The van der Waals surface area contributed by atoms with E-state index in [0.29, 0.717) is 21.5 Å². The molecule has 4 nitrogen and oxygen atoms in total. The maximum Gasteiger partial charge on any atom is 0.182 e. The molecule has 2 N–H and O–H groups in total. The average molecular weight is 334 g/mol. The number of hydrogen-bond donors (Lipinski definition) is 2. The van der Waals surface area contributed by atoms with E-state index in [1.807, 2.05) is 0 Å². The van der Waals surface area contributed by atoms with Crippen LogP contribution in [0.1, 0.15) is 24.5 Å². The van der Waals surface area contributed by atoms with E-state index in [1.165, 1.54) is 0 Å². The van der Waals surface area contributed by atoms with Crippen LogP contribution in [0.25, 0.3) is 0 Å². The molecule has 0 spiro atoms. The summed E-state index contributed by atoms with van der Waals surface area (Å²) in [4.78, 5) is 0.324. The maximum absolute atomic E-state index is 12.1. The highest BCUT2D eigenvalue weighted by Crippen LogP contribution is 2.37. The van der Waals surface area contributed by atoms with Crippen molar-refractivity contribution < 1.29 is 13.5 Å². The number of aliphatic hydroxyl groups is 1. The number of halogens is 1. The summed E-state index contributed by atoms with van der Waals surface area (Å²) >= 11 is 3.29. The molecule has 0 heterocycles. The van der Waals surface area contributed by atoms with Crippen LogP contribution in [0.5, 0.6) is 0 Å². The summed E-state index contributed by atoms with van der Waals surface area (Å²) in [6, 6.07) is 4.92. The Labute approximate surface area is 115 Å². The normalized spacial score (nSPS) is 17.7. The van der Waals surface area contributed by atoms with E-state index in [0.717, 1.165) is 12.8 Å². The van der Waals surface area contributed by atoms with Crippen LogP contribution < -0.4 is 5.32 Å². The first-order chi connectivity index (χ1) is 8.46. The molecule has 0 aromatic heterocycles. The van der Waals surface area contributed by atoms with Crippen LogP contribution in [-0.4, -0.2) is 32.4 Å². The maximum atomic E-state index is 12.1. The topological polar surface area (TPSA) is 66.4 Å². The highest BCUT2D eigenvalue weighted by Gasteiger charge is 2.37. The summed E-state index contributed by atoms with van der Waals surface area (Å²) in [5.74, 6) is 0. The van der Waals surface area contributed by atoms with E-state index in [9.17, 15) is 13.5 Å². The van der Waals surface area contributed by atoms with Crippen LogP contribution in [0.2, 0.25) is 0 Å². The molecule has 0 radical (unpaired) electrons. The smallest absolute Gasteiger partial charge is 0.182 e. The zero-order valence-corrected chi connectivity index (χ0v) is 12.5. The van der Waals surface area contributed by atoms with Gasteiger partial charge in [0.2, 0.25) is 0 Å². The van der Waals surface area contributed by atoms with Crippen molar-refractivity contribution in [2.24, 2.45) is 0 Å². The van der Waals surface area contributed by atoms with Crippen molar-refractivity contribution in [2.45, 2.75) is 29.1 Å². The van der Waals surface area contributed by atoms with Crippen molar-refractivity contribution in [1.82, 2.24) is 5.32 Å². The first-order valence-corrected chi connectivity index (χ1v) is 8.16. The molecule has 1 aromatic rings. The van der Waals surface area contributed by atoms with E-state index in [1.54, 1.807) is 25.2 Å². The average Bonchev–Trinajstić information content (AvgIpc) is 3.12.